The molecular weight excluding hydrogens is 581 g/mol. The van der Waals surface area contributed by atoms with Crippen LogP contribution in [0.1, 0.15) is 0 Å². The van der Waals surface area contributed by atoms with E-state index in [0.29, 0.717) is 37.0 Å². The molecule has 0 saturated carbocycles. The summed E-state index contributed by atoms with van der Waals surface area (Å²) in [7, 11) is 0. The minimum absolute atomic E-state index is 0.0282. The molecule has 3 unspecified atom stereocenters. The smallest absolute Gasteiger partial charge is 0.123 e. The van der Waals surface area contributed by atoms with Gasteiger partial charge in [-0.25, -0.2) is 13.2 Å². The fourth-order valence-electron chi connectivity index (χ4n) is 6.82. The first-order chi connectivity index (χ1) is 21.9. The van der Waals surface area contributed by atoms with Crippen molar-refractivity contribution in [3.05, 3.63) is 96.3 Å². The molecule has 10 heteroatoms. The van der Waals surface area contributed by atoms with Crippen LogP contribution in [0.15, 0.2) is 78.9 Å². The van der Waals surface area contributed by atoms with Crippen molar-refractivity contribution in [3.63, 3.8) is 0 Å². The highest BCUT2D eigenvalue weighted by Crippen LogP contribution is 2.33. The molecule has 3 N–H and O–H groups in total. The number of aliphatic hydroxyl groups is 2. The molecule has 234 valence electrons. The Kier molecular flexibility index (Phi) is 8.24. The number of halogens is 3. The lowest BCUT2D eigenvalue weighted by molar-refractivity contribution is -0.0341. The fraction of sp³-hybridized carbons (Fsp3) is 0.314. The first kappa shape index (κ1) is 29.8. The molecule has 0 spiro atoms. The number of β-amino-alcohol motifs (C(OH)–C–C–N with tert-alkyl or cyclic N) is 1. The Morgan fingerprint density at radius 3 is 1.84 bits per heavy atom. The van der Waals surface area contributed by atoms with Crippen LogP contribution in [0.5, 0.6) is 0 Å². The number of nitrogens with zero attached hydrogens (tertiary/aromatic N) is 3. The molecule has 0 amide bonds. The van der Waals surface area contributed by atoms with E-state index in [1.165, 1.54) is 36.4 Å². The highest BCUT2D eigenvalue weighted by atomic mass is 19.1. The predicted molar refractivity (Wildman–Crippen MR) is 170 cm³/mol. The second-order valence-corrected chi connectivity index (χ2v) is 11.9. The van der Waals surface area contributed by atoms with Crippen molar-refractivity contribution in [2.45, 2.75) is 31.3 Å². The normalized spacial score (nSPS) is 17.6. The number of aromatic nitrogens is 2. The second kappa shape index (κ2) is 12.5. The van der Waals surface area contributed by atoms with Gasteiger partial charge in [0.1, 0.15) is 17.5 Å². The average Bonchev–Trinajstić information content (AvgIpc) is 3.50. The third-order valence-electron chi connectivity index (χ3n) is 8.85. The monoisotopic (exact) mass is 616 g/mol. The molecule has 7 nitrogen and oxygen atoms in total. The van der Waals surface area contributed by atoms with Crippen LogP contribution in [0.25, 0.3) is 43.6 Å². The van der Waals surface area contributed by atoms with E-state index < -0.39 is 23.8 Å². The number of aliphatic hydroxyl groups excluding tert-OH is 2. The van der Waals surface area contributed by atoms with E-state index in [0.717, 1.165) is 45.9 Å². The molecule has 3 atom stereocenters. The van der Waals surface area contributed by atoms with Gasteiger partial charge in [-0.05, 0) is 60.7 Å². The molecule has 1 saturated heterocycles. The largest absolute Gasteiger partial charge is 0.395 e. The van der Waals surface area contributed by atoms with E-state index in [4.69, 9.17) is 4.74 Å². The lowest BCUT2D eigenvalue weighted by Crippen LogP contribution is -2.54. The van der Waals surface area contributed by atoms with E-state index >= 15 is 0 Å². The Labute approximate surface area is 258 Å². The van der Waals surface area contributed by atoms with Crippen LogP contribution in [-0.2, 0) is 17.8 Å². The van der Waals surface area contributed by atoms with Crippen molar-refractivity contribution in [1.29, 1.82) is 0 Å². The van der Waals surface area contributed by atoms with Crippen molar-refractivity contribution in [1.82, 2.24) is 19.4 Å². The van der Waals surface area contributed by atoms with Crippen LogP contribution in [0.3, 0.4) is 0 Å². The average molecular weight is 617 g/mol. The number of hydrogen-bond donors (Lipinski definition) is 3. The van der Waals surface area contributed by atoms with Crippen LogP contribution in [0, 0.1) is 17.5 Å². The van der Waals surface area contributed by atoms with Gasteiger partial charge < -0.3 is 29.4 Å². The summed E-state index contributed by atoms with van der Waals surface area (Å²) in [6.45, 7) is 3.31. The van der Waals surface area contributed by atoms with E-state index in [1.807, 2.05) is 28.8 Å². The van der Waals surface area contributed by atoms with Gasteiger partial charge in [0.05, 0.1) is 38.5 Å². The molecular formula is C35H35F3N4O3. The topological polar surface area (TPSA) is 74.8 Å². The van der Waals surface area contributed by atoms with Crippen LogP contribution >= 0.6 is 0 Å². The van der Waals surface area contributed by atoms with Crippen LogP contribution in [-0.4, -0.2) is 81.9 Å². The summed E-state index contributed by atoms with van der Waals surface area (Å²) in [5.41, 5.74) is 3.26. The maximum Gasteiger partial charge on any atom is 0.123 e. The van der Waals surface area contributed by atoms with Gasteiger partial charge in [-0.3, -0.25) is 4.90 Å². The van der Waals surface area contributed by atoms with Crippen LogP contribution < -0.4 is 5.32 Å². The molecule has 1 fully saturated rings. The Balaban J connectivity index is 1.25. The number of ether oxygens (including phenoxy) is 1. The number of piperazine rings is 1. The summed E-state index contributed by atoms with van der Waals surface area (Å²) in [5, 5.41) is 26.8. The molecule has 45 heavy (non-hydrogen) atoms. The quantitative estimate of drug-likeness (QED) is 0.201. The first-order valence-electron chi connectivity index (χ1n) is 15.3. The highest BCUT2D eigenvalue weighted by Gasteiger charge is 2.24. The second-order valence-electron chi connectivity index (χ2n) is 11.9. The zero-order valence-electron chi connectivity index (χ0n) is 24.7. The van der Waals surface area contributed by atoms with Gasteiger partial charge in [0, 0.05) is 75.8 Å². The predicted octanol–water partition coefficient (Wildman–Crippen LogP) is 5.03. The first-order valence-corrected chi connectivity index (χ1v) is 15.3. The highest BCUT2D eigenvalue weighted by molar-refractivity contribution is 6.09. The third-order valence-corrected chi connectivity index (χ3v) is 8.85. The van der Waals surface area contributed by atoms with Crippen molar-refractivity contribution in [2.24, 2.45) is 0 Å². The van der Waals surface area contributed by atoms with Gasteiger partial charge in [0.25, 0.3) is 0 Å². The molecule has 7 rings (SSSR count). The van der Waals surface area contributed by atoms with Crippen molar-refractivity contribution >= 4 is 43.6 Å². The van der Waals surface area contributed by atoms with Crippen LogP contribution in [0.2, 0.25) is 0 Å². The Hall–Kier alpha value is -3.93. The lowest BCUT2D eigenvalue weighted by Gasteiger charge is -2.34. The van der Waals surface area contributed by atoms with E-state index in [2.05, 4.69) is 14.8 Å². The number of nitrogens with one attached hydrogen (secondary N) is 1. The summed E-state index contributed by atoms with van der Waals surface area (Å²) in [6.07, 6.45) is -1.26. The molecule has 3 heterocycles. The number of benzene rings is 4. The van der Waals surface area contributed by atoms with E-state index in [1.54, 1.807) is 18.2 Å². The van der Waals surface area contributed by atoms with Crippen molar-refractivity contribution in [2.75, 3.05) is 39.4 Å². The van der Waals surface area contributed by atoms with Crippen LogP contribution in [0.4, 0.5) is 13.2 Å². The Bertz CT molecular complexity index is 1930. The van der Waals surface area contributed by atoms with E-state index in [-0.39, 0.29) is 25.1 Å². The standard InChI is InChI=1S/C35H35F3N4O3/c36-22-5-8-33-29(13-22)28-3-1-2-4-32(28)41(33)18-27(45-21-26(44)17-40-12-11-39-25(16-40)20-43)19-42-34-9-6-23(37)14-30(34)31-15-24(38)7-10-35(31)42/h1-10,13-15,25-27,39,43-44H,11-12,16-21H2. The zero-order chi connectivity index (χ0) is 31.1. The summed E-state index contributed by atoms with van der Waals surface area (Å²) >= 11 is 0. The summed E-state index contributed by atoms with van der Waals surface area (Å²) in [4.78, 5) is 2.11. The maximum atomic E-state index is 14.4. The Morgan fingerprint density at radius 2 is 1.27 bits per heavy atom. The zero-order valence-corrected chi connectivity index (χ0v) is 24.7. The minimum Gasteiger partial charge on any atom is -0.395 e. The lowest BCUT2D eigenvalue weighted by atomic mass is 10.1. The van der Waals surface area contributed by atoms with Gasteiger partial charge >= 0.3 is 0 Å². The molecule has 0 radical (unpaired) electrons. The van der Waals surface area contributed by atoms with Gasteiger partial charge in [-0.1, -0.05) is 18.2 Å². The van der Waals surface area contributed by atoms with Gasteiger partial charge in [-0.2, -0.15) is 0 Å². The molecule has 0 bridgehead atoms. The van der Waals surface area contributed by atoms with E-state index in [9.17, 15) is 23.4 Å². The molecule has 6 aromatic rings. The van der Waals surface area contributed by atoms with Crippen molar-refractivity contribution in [3.8, 4) is 0 Å². The van der Waals surface area contributed by atoms with Crippen molar-refractivity contribution < 1.29 is 28.1 Å². The Morgan fingerprint density at radius 1 is 0.733 bits per heavy atom. The van der Waals surface area contributed by atoms with Gasteiger partial charge in [0.2, 0.25) is 0 Å². The summed E-state index contributed by atoms with van der Waals surface area (Å²) in [5.74, 6) is -1.13. The molecule has 0 aliphatic carbocycles. The minimum atomic E-state index is -0.779. The molecule has 2 aromatic heterocycles. The number of rotatable bonds is 10. The number of fused-ring (bicyclic) bond motifs is 6. The third kappa shape index (κ3) is 5.92. The SMILES string of the molecule is OCC1CN(CC(O)COC(Cn2c3ccccc3c3cc(F)ccc32)Cn2c3ccc(F)cc3c3cc(F)ccc32)CCN1. The number of hydrogen-bond acceptors (Lipinski definition) is 5. The summed E-state index contributed by atoms with van der Waals surface area (Å²) < 4.78 is 53.7. The number of para-hydroxylation sites is 1. The molecule has 1 aliphatic rings. The molecule has 4 aromatic carbocycles. The van der Waals surface area contributed by atoms with Gasteiger partial charge in [0.15, 0.2) is 0 Å². The van der Waals surface area contributed by atoms with Gasteiger partial charge in [-0.15, -0.1) is 0 Å². The molecule has 1 aliphatic heterocycles. The maximum absolute atomic E-state index is 14.4. The fourth-order valence-corrected chi connectivity index (χ4v) is 6.82. The summed E-state index contributed by atoms with van der Waals surface area (Å²) in [6, 6.07) is 21.6.